The molecule has 0 saturated heterocycles. The Morgan fingerprint density at radius 1 is 1.39 bits per heavy atom. The van der Waals surface area contributed by atoms with Gasteiger partial charge in [0.2, 0.25) is 11.9 Å². The molecule has 6 heteroatoms. The smallest absolute Gasteiger partial charge is 0.244 e. The summed E-state index contributed by atoms with van der Waals surface area (Å²) >= 11 is 6.10. The number of halogens is 1. The van der Waals surface area contributed by atoms with E-state index < -0.39 is 0 Å². The quantitative estimate of drug-likeness (QED) is 0.892. The summed E-state index contributed by atoms with van der Waals surface area (Å²) in [6.07, 6.45) is 0. The van der Waals surface area contributed by atoms with Crippen LogP contribution in [-0.4, -0.2) is 21.3 Å². The van der Waals surface area contributed by atoms with Gasteiger partial charge in [-0.25, -0.2) is 0 Å². The van der Waals surface area contributed by atoms with Gasteiger partial charge >= 0.3 is 0 Å². The van der Waals surface area contributed by atoms with E-state index in [1.807, 2.05) is 18.2 Å². The predicted octanol–water partition coefficient (Wildman–Crippen LogP) is 2.57. The lowest BCUT2D eigenvalue weighted by molar-refractivity contribution is 0.684. The highest BCUT2D eigenvalue weighted by atomic mass is 35.5. The number of nitrogens with zero attached hydrogens (tertiary/aromatic N) is 3. The van der Waals surface area contributed by atoms with Crippen molar-refractivity contribution in [1.29, 1.82) is 0 Å². The topological polar surface area (TPSA) is 68.8 Å². The molecular formula is C12H16ClN5. The predicted molar refractivity (Wildman–Crippen MR) is 74.1 cm³/mol. The average molecular weight is 266 g/mol. The zero-order valence-corrected chi connectivity index (χ0v) is 11.1. The van der Waals surface area contributed by atoms with Gasteiger partial charge in [-0.1, -0.05) is 37.6 Å². The molecule has 0 fully saturated rings. The maximum Gasteiger partial charge on any atom is 0.244 e. The molecule has 0 amide bonds. The molecule has 0 aliphatic rings. The number of para-hydroxylation sites is 1. The minimum absolute atomic E-state index is 0.314. The molecule has 3 N–H and O–H groups in total. The summed E-state index contributed by atoms with van der Waals surface area (Å²) in [6, 6.07) is 7.37. The van der Waals surface area contributed by atoms with Gasteiger partial charge in [0.25, 0.3) is 0 Å². The van der Waals surface area contributed by atoms with Crippen molar-refractivity contribution in [2.45, 2.75) is 13.8 Å². The van der Waals surface area contributed by atoms with E-state index in [0.717, 1.165) is 12.2 Å². The van der Waals surface area contributed by atoms with E-state index in [2.05, 4.69) is 29.2 Å². The number of nitrogen functional groups attached to an aromatic ring is 1. The largest absolute Gasteiger partial charge is 0.368 e. The van der Waals surface area contributed by atoms with E-state index in [0.29, 0.717) is 22.8 Å². The Balaban J connectivity index is 2.27. The third-order valence-electron chi connectivity index (χ3n) is 2.38. The minimum atomic E-state index is 0.314. The highest BCUT2D eigenvalue weighted by Crippen LogP contribution is 2.21. The molecule has 0 atom stereocenters. The second-order valence-electron chi connectivity index (χ2n) is 4.43. The zero-order chi connectivity index (χ0) is 13.1. The third-order valence-corrected chi connectivity index (χ3v) is 2.70. The normalized spacial score (nSPS) is 10.9. The summed E-state index contributed by atoms with van der Waals surface area (Å²) in [7, 11) is 0. The molecule has 1 aromatic carbocycles. The molecule has 5 nitrogen and oxygen atoms in total. The number of benzene rings is 1. The summed E-state index contributed by atoms with van der Waals surface area (Å²) < 4.78 is 1.53. The molecule has 0 radical (unpaired) electrons. The summed E-state index contributed by atoms with van der Waals surface area (Å²) in [4.78, 5) is 4.16. The number of hydrogen-bond donors (Lipinski definition) is 2. The summed E-state index contributed by atoms with van der Waals surface area (Å²) in [5.41, 5.74) is 6.56. The van der Waals surface area contributed by atoms with Gasteiger partial charge in [-0.2, -0.15) is 9.67 Å². The first-order chi connectivity index (χ1) is 8.58. The lowest BCUT2D eigenvalue weighted by Crippen LogP contribution is -2.09. The first-order valence-electron chi connectivity index (χ1n) is 5.79. The van der Waals surface area contributed by atoms with Gasteiger partial charge in [-0.15, -0.1) is 5.10 Å². The first kappa shape index (κ1) is 12.7. The number of nitrogens with one attached hydrogen (secondary N) is 1. The zero-order valence-electron chi connectivity index (χ0n) is 10.4. The Bertz CT molecular complexity index is 535. The number of nitrogens with two attached hydrogens (primary N) is 1. The van der Waals surface area contributed by atoms with E-state index in [1.54, 1.807) is 6.07 Å². The molecule has 2 aromatic rings. The van der Waals surface area contributed by atoms with Crippen molar-refractivity contribution in [3.8, 4) is 5.69 Å². The van der Waals surface area contributed by atoms with Gasteiger partial charge in [0, 0.05) is 6.54 Å². The van der Waals surface area contributed by atoms with Crippen LogP contribution in [0, 0.1) is 5.92 Å². The maximum atomic E-state index is 6.10. The fourth-order valence-corrected chi connectivity index (χ4v) is 1.71. The van der Waals surface area contributed by atoms with Crippen molar-refractivity contribution >= 4 is 23.5 Å². The van der Waals surface area contributed by atoms with Crippen LogP contribution in [-0.2, 0) is 0 Å². The van der Waals surface area contributed by atoms with Crippen molar-refractivity contribution in [3.05, 3.63) is 29.3 Å². The Labute approximate surface area is 111 Å². The Hall–Kier alpha value is -1.75. The summed E-state index contributed by atoms with van der Waals surface area (Å²) in [5.74, 6) is 1.34. The molecule has 0 unspecified atom stereocenters. The lowest BCUT2D eigenvalue weighted by Gasteiger charge is -2.05. The molecule has 2 rings (SSSR count). The van der Waals surface area contributed by atoms with Crippen LogP contribution in [0.3, 0.4) is 0 Å². The van der Waals surface area contributed by atoms with Crippen molar-refractivity contribution in [1.82, 2.24) is 14.8 Å². The average Bonchev–Trinajstić information content (AvgIpc) is 2.69. The van der Waals surface area contributed by atoms with Gasteiger partial charge in [0.05, 0.1) is 10.7 Å². The van der Waals surface area contributed by atoms with Crippen LogP contribution >= 0.6 is 11.6 Å². The van der Waals surface area contributed by atoms with Gasteiger partial charge < -0.3 is 11.1 Å². The highest BCUT2D eigenvalue weighted by Gasteiger charge is 2.11. The Morgan fingerprint density at radius 2 is 2.11 bits per heavy atom. The van der Waals surface area contributed by atoms with Crippen molar-refractivity contribution in [3.63, 3.8) is 0 Å². The van der Waals surface area contributed by atoms with Gasteiger partial charge in [0.1, 0.15) is 0 Å². The van der Waals surface area contributed by atoms with Crippen LogP contribution in [0.15, 0.2) is 24.3 Å². The number of anilines is 2. The first-order valence-corrected chi connectivity index (χ1v) is 6.17. The van der Waals surface area contributed by atoms with Crippen molar-refractivity contribution in [2.75, 3.05) is 17.6 Å². The van der Waals surface area contributed by atoms with E-state index in [1.165, 1.54) is 4.68 Å². The molecule has 0 spiro atoms. The summed E-state index contributed by atoms with van der Waals surface area (Å²) in [5, 5.41) is 8.01. The molecule has 1 heterocycles. The fraction of sp³-hybridized carbons (Fsp3) is 0.333. The number of rotatable bonds is 4. The van der Waals surface area contributed by atoms with Gasteiger partial charge in [-0.3, -0.25) is 0 Å². The van der Waals surface area contributed by atoms with Crippen LogP contribution in [0.25, 0.3) is 5.69 Å². The van der Waals surface area contributed by atoms with E-state index in [4.69, 9.17) is 17.3 Å². The summed E-state index contributed by atoms with van der Waals surface area (Å²) in [6.45, 7) is 5.02. The van der Waals surface area contributed by atoms with Crippen LogP contribution in [0.4, 0.5) is 11.9 Å². The second kappa shape index (κ2) is 5.27. The molecule has 0 saturated carbocycles. The second-order valence-corrected chi connectivity index (χ2v) is 4.84. The fourth-order valence-electron chi connectivity index (χ4n) is 1.50. The minimum Gasteiger partial charge on any atom is -0.368 e. The SMILES string of the molecule is CC(C)CNc1nc(N)n(-c2ccccc2Cl)n1. The molecule has 18 heavy (non-hydrogen) atoms. The standard InChI is InChI=1S/C12H16ClN5/c1-8(2)7-15-12-16-11(14)18(17-12)10-6-4-3-5-9(10)13/h3-6,8H,7H2,1-2H3,(H3,14,15,16,17). The molecular weight excluding hydrogens is 250 g/mol. The molecule has 0 bridgehead atoms. The van der Waals surface area contributed by atoms with E-state index in [9.17, 15) is 0 Å². The molecule has 0 aliphatic heterocycles. The van der Waals surface area contributed by atoms with Crippen molar-refractivity contribution in [2.24, 2.45) is 5.92 Å². The molecule has 96 valence electrons. The van der Waals surface area contributed by atoms with Crippen LogP contribution < -0.4 is 11.1 Å². The number of hydrogen-bond acceptors (Lipinski definition) is 4. The van der Waals surface area contributed by atoms with E-state index >= 15 is 0 Å². The Kier molecular flexibility index (Phi) is 3.72. The molecule has 0 aliphatic carbocycles. The Morgan fingerprint density at radius 3 is 2.78 bits per heavy atom. The third kappa shape index (κ3) is 2.73. The van der Waals surface area contributed by atoms with Crippen molar-refractivity contribution < 1.29 is 0 Å². The van der Waals surface area contributed by atoms with Crippen LogP contribution in [0.2, 0.25) is 5.02 Å². The monoisotopic (exact) mass is 265 g/mol. The van der Waals surface area contributed by atoms with Gasteiger partial charge in [0.15, 0.2) is 0 Å². The van der Waals surface area contributed by atoms with Gasteiger partial charge in [-0.05, 0) is 18.1 Å². The highest BCUT2D eigenvalue weighted by molar-refractivity contribution is 6.32. The molecule has 1 aromatic heterocycles. The number of aromatic nitrogens is 3. The van der Waals surface area contributed by atoms with Crippen LogP contribution in [0.5, 0.6) is 0 Å². The maximum absolute atomic E-state index is 6.10. The van der Waals surface area contributed by atoms with Crippen LogP contribution in [0.1, 0.15) is 13.8 Å². The van der Waals surface area contributed by atoms with E-state index in [-0.39, 0.29) is 0 Å². The lowest BCUT2D eigenvalue weighted by atomic mass is 10.2.